The van der Waals surface area contributed by atoms with Crippen molar-refractivity contribution in [1.82, 2.24) is 0 Å². The van der Waals surface area contributed by atoms with Crippen LogP contribution in [0.2, 0.25) is 0 Å². The van der Waals surface area contributed by atoms with Crippen molar-refractivity contribution in [3.63, 3.8) is 0 Å². The van der Waals surface area contributed by atoms with Gasteiger partial charge in [0, 0.05) is 25.5 Å². The maximum atomic E-state index is 11.2. The average molecular weight is 265 g/mol. The standard InChI is InChI=1S/C9H10O6.V/c1-4(10)7(5(2)11)8(13)9(14)15-6(3)12;/h7H,1-3H3;. The van der Waals surface area contributed by atoms with Gasteiger partial charge >= 0.3 is 11.9 Å². The summed E-state index contributed by atoms with van der Waals surface area (Å²) in [5.74, 6) is -6.96. The van der Waals surface area contributed by atoms with Crippen LogP contribution in [-0.2, 0) is 47.3 Å². The van der Waals surface area contributed by atoms with Crippen molar-refractivity contribution in [3.05, 3.63) is 0 Å². The zero-order valence-electron chi connectivity index (χ0n) is 8.97. The van der Waals surface area contributed by atoms with Gasteiger partial charge < -0.3 is 4.74 Å². The average Bonchev–Trinajstić information content (AvgIpc) is 2.00. The van der Waals surface area contributed by atoms with E-state index in [0.717, 1.165) is 20.8 Å². The summed E-state index contributed by atoms with van der Waals surface area (Å²) >= 11 is 0. The first kappa shape index (κ1) is 17.1. The maximum Gasteiger partial charge on any atom is 0.383 e. The van der Waals surface area contributed by atoms with E-state index in [0.29, 0.717) is 0 Å². The Hall–Kier alpha value is -1.27. The summed E-state index contributed by atoms with van der Waals surface area (Å²) in [5.41, 5.74) is 0. The van der Waals surface area contributed by atoms with E-state index >= 15 is 0 Å². The van der Waals surface area contributed by atoms with Crippen LogP contribution in [0.3, 0.4) is 0 Å². The fraction of sp³-hybridized carbons (Fsp3) is 0.444. The Morgan fingerprint density at radius 2 is 1.25 bits per heavy atom. The quantitative estimate of drug-likeness (QED) is 0.384. The SMILES string of the molecule is CC(=O)OC(=O)C(=O)C(C(C)=O)C(C)=O.[V]. The molecule has 0 aliphatic rings. The number of hydrogen-bond donors (Lipinski definition) is 0. The third-order valence-electron chi connectivity index (χ3n) is 1.51. The second-order valence-electron chi connectivity index (χ2n) is 2.90. The van der Waals surface area contributed by atoms with Gasteiger partial charge in [0.05, 0.1) is 0 Å². The van der Waals surface area contributed by atoms with Crippen molar-refractivity contribution < 1.29 is 47.3 Å². The van der Waals surface area contributed by atoms with Crippen LogP contribution < -0.4 is 0 Å². The predicted octanol–water partition coefficient (Wildman–Crippen LogP) is -0.563. The maximum absolute atomic E-state index is 11.2. The summed E-state index contributed by atoms with van der Waals surface area (Å²) in [5, 5.41) is 0. The Balaban J connectivity index is 0. The molecule has 0 amide bonds. The smallest absolute Gasteiger partial charge is 0.383 e. The van der Waals surface area contributed by atoms with Gasteiger partial charge in [-0.05, 0) is 13.8 Å². The molecule has 0 rings (SSSR count). The number of carbonyl (C=O) groups excluding carboxylic acids is 5. The fourth-order valence-corrected chi connectivity index (χ4v) is 0.954. The van der Waals surface area contributed by atoms with Gasteiger partial charge in [-0.1, -0.05) is 0 Å². The Labute approximate surface area is 104 Å². The number of hydrogen-bond acceptors (Lipinski definition) is 6. The number of rotatable bonds is 4. The van der Waals surface area contributed by atoms with Crippen LogP contribution in [0.1, 0.15) is 20.8 Å². The summed E-state index contributed by atoms with van der Waals surface area (Å²) in [4.78, 5) is 54.2. The van der Waals surface area contributed by atoms with Crippen LogP contribution in [-0.4, -0.2) is 29.3 Å². The zero-order valence-corrected chi connectivity index (χ0v) is 10.4. The molecule has 0 atom stereocenters. The first-order valence-electron chi connectivity index (χ1n) is 4.04. The van der Waals surface area contributed by atoms with Crippen molar-refractivity contribution in [2.75, 3.05) is 0 Å². The molecule has 16 heavy (non-hydrogen) atoms. The molecule has 0 bridgehead atoms. The van der Waals surface area contributed by atoms with E-state index in [1.807, 2.05) is 0 Å². The molecule has 0 aromatic rings. The minimum absolute atomic E-state index is 0. The van der Waals surface area contributed by atoms with Gasteiger partial charge in [0.1, 0.15) is 17.5 Å². The minimum Gasteiger partial charge on any atom is -0.387 e. The molecular weight excluding hydrogens is 255 g/mol. The van der Waals surface area contributed by atoms with Gasteiger partial charge in [-0.25, -0.2) is 4.79 Å². The molecule has 0 fully saturated rings. The molecule has 87 valence electrons. The van der Waals surface area contributed by atoms with Crippen LogP contribution in [0.15, 0.2) is 0 Å². The van der Waals surface area contributed by atoms with Crippen molar-refractivity contribution >= 4 is 29.3 Å². The predicted molar refractivity (Wildman–Crippen MR) is 46.6 cm³/mol. The molecule has 0 saturated carbocycles. The van der Waals surface area contributed by atoms with Crippen LogP contribution >= 0.6 is 0 Å². The molecule has 0 heterocycles. The fourth-order valence-electron chi connectivity index (χ4n) is 0.954. The van der Waals surface area contributed by atoms with E-state index < -0.39 is 35.2 Å². The van der Waals surface area contributed by atoms with Crippen molar-refractivity contribution in [3.8, 4) is 0 Å². The topological polar surface area (TPSA) is 94.6 Å². The summed E-state index contributed by atoms with van der Waals surface area (Å²) in [6, 6.07) is 0. The van der Waals surface area contributed by atoms with Gasteiger partial charge in [-0.2, -0.15) is 0 Å². The zero-order chi connectivity index (χ0) is 12.2. The van der Waals surface area contributed by atoms with Crippen LogP contribution in [0.5, 0.6) is 0 Å². The van der Waals surface area contributed by atoms with E-state index in [-0.39, 0.29) is 18.6 Å². The first-order chi connectivity index (χ1) is 6.77. The van der Waals surface area contributed by atoms with E-state index in [9.17, 15) is 24.0 Å². The number of carbonyl (C=O) groups is 5. The second kappa shape index (κ2) is 7.08. The Morgan fingerprint density at radius 3 is 1.50 bits per heavy atom. The summed E-state index contributed by atoms with van der Waals surface area (Å²) < 4.78 is 3.96. The molecule has 6 nitrogen and oxygen atoms in total. The molecule has 0 aromatic carbocycles. The summed E-state index contributed by atoms with van der Waals surface area (Å²) in [7, 11) is 0. The number of esters is 2. The van der Waals surface area contributed by atoms with Gasteiger partial charge in [0.25, 0.3) is 5.78 Å². The number of Topliss-reactive ketones (excluding diaryl/α,β-unsaturated/α-hetero) is 3. The molecular formula is C9H10O6V. The summed E-state index contributed by atoms with van der Waals surface area (Å²) in [6.45, 7) is 2.94. The van der Waals surface area contributed by atoms with E-state index in [2.05, 4.69) is 4.74 Å². The number of ketones is 3. The first-order valence-corrected chi connectivity index (χ1v) is 4.04. The molecule has 1 radical (unpaired) electrons. The monoisotopic (exact) mass is 265 g/mol. The van der Waals surface area contributed by atoms with Crippen molar-refractivity contribution in [2.45, 2.75) is 20.8 Å². The third-order valence-corrected chi connectivity index (χ3v) is 1.51. The van der Waals surface area contributed by atoms with Crippen LogP contribution in [0.4, 0.5) is 0 Å². The van der Waals surface area contributed by atoms with E-state index in [4.69, 9.17) is 0 Å². The van der Waals surface area contributed by atoms with Crippen molar-refractivity contribution in [2.24, 2.45) is 5.92 Å². The Morgan fingerprint density at radius 1 is 0.875 bits per heavy atom. The van der Waals surface area contributed by atoms with E-state index in [1.54, 1.807) is 0 Å². The van der Waals surface area contributed by atoms with Gasteiger partial charge in [-0.3, -0.25) is 19.2 Å². The van der Waals surface area contributed by atoms with Gasteiger partial charge in [0.15, 0.2) is 0 Å². The molecule has 7 heteroatoms. The molecule has 0 aliphatic carbocycles. The largest absolute Gasteiger partial charge is 0.387 e. The van der Waals surface area contributed by atoms with Gasteiger partial charge in [-0.15, -0.1) is 0 Å². The van der Waals surface area contributed by atoms with E-state index in [1.165, 1.54) is 0 Å². The normalized spacial score (nSPS) is 9.00. The number of ether oxygens (including phenoxy) is 1. The molecule has 0 unspecified atom stereocenters. The van der Waals surface area contributed by atoms with Crippen LogP contribution in [0, 0.1) is 5.92 Å². The minimum atomic E-state index is -1.67. The molecule has 0 saturated heterocycles. The second-order valence-corrected chi connectivity index (χ2v) is 2.90. The van der Waals surface area contributed by atoms with Gasteiger partial charge in [0.2, 0.25) is 0 Å². The molecule has 0 aliphatic heterocycles. The molecule has 0 aromatic heterocycles. The third kappa shape index (κ3) is 5.00. The van der Waals surface area contributed by atoms with Crippen molar-refractivity contribution in [1.29, 1.82) is 0 Å². The molecule has 0 spiro atoms. The summed E-state index contributed by atoms with van der Waals surface area (Å²) in [6.07, 6.45) is 0. The van der Waals surface area contributed by atoms with Crippen LogP contribution in [0.25, 0.3) is 0 Å². The Kier molecular flexibility index (Phi) is 7.59. The Bertz CT molecular complexity index is 332. The molecule has 0 N–H and O–H groups in total.